The van der Waals surface area contributed by atoms with E-state index < -0.39 is 0 Å². The summed E-state index contributed by atoms with van der Waals surface area (Å²) in [7, 11) is 0. The first-order valence-corrected chi connectivity index (χ1v) is 6.37. The minimum Gasteiger partial charge on any atom is -0.494 e. The lowest BCUT2D eigenvalue weighted by molar-refractivity contribution is -0.0149. The summed E-state index contributed by atoms with van der Waals surface area (Å²) in [5.74, 6) is 0.943. The van der Waals surface area contributed by atoms with Crippen molar-refractivity contribution in [3.8, 4) is 5.75 Å². The highest BCUT2D eigenvalue weighted by molar-refractivity contribution is 5.26. The summed E-state index contributed by atoms with van der Waals surface area (Å²) in [4.78, 5) is 0. The van der Waals surface area contributed by atoms with Gasteiger partial charge in [0, 0.05) is 0 Å². The van der Waals surface area contributed by atoms with E-state index >= 15 is 0 Å². The normalized spacial score (nSPS) is 11.5. The lowest BCUT2D eigenvalue weighted by Crippen LogP contribution is -2.18. The molecule has 0 saturated heterocycles. The Morgan fingerprint density at radius 1 is 1.06 bits per heavy atom. The zero-order chi connectivity index (χ0) is 12.7. The van der Waals surface area contributed by atoms with Crippen LogP contribution in [0.3, 0.4) is 0 Å². The van der Waals surface area contributed by atoms with Crippen molar-refractivity contribution in [1.29, 1.82) is 0 Å². The Morgan fingerprint density at radius 3 is 2.24 bits per heavy atom. The molecule has 0 saturated carbocycles. The maximum atomic E-state index is 5.71. The molecule has 0 amide bonds. The largest absolute Gasteiger partial charge is 0.494 e. The third-order valence-electron chi connectivity index (χ3n) is 2.36. The van der Waals surface area contributed by atoms with Crippen molar-refractivity contribution in [2.75, 3.05) is 6.61 Å². The molecule has 1 aromatic rings. The van der Waals surface area contributed by atoms with Crippen molar-refractivity contribution < 1.29 is 9.47 Å². The number of hydrogen-bond donors (Lipinski definition) is 0. The Bertz CT molecular complexity index is 309. The van der Waals surface area contributed by atoms with Crippen LogP contribution in [0.25, 0.3) is 0 Å². The Morgan fingerprint density at radius 2 is 1.71 bits per heavy atom. The Kier molecular flexibility index (Phi) is 5.49. The first kappa shape index (κ1) is 14.0. The van der Waals surface area contributed by atoms with Gasteiger partial charge in [-0.05, 0) is 44.9 Å². The number of rotatable bonds is 6. The van der Waals surface area contributed by atoms with Gasteiger partial charge in [0.1, 0.15) is 5.75 Å². The fourth-order valence-corrected chi connectivity index (χ4v) is 1.32. The number of hydrogen-bond acceptors (Lipinski definition) is 2. The minimum absolute atomic E-state index is 0.0870. The SMILES string of the molecule is CCCCOc1ccc(COC(C)(C)C)cc1. The molecule has 0 aliphatic carbocycles. The Balaban J connectivity index is 2.39. The van der Waals surface area contributed by atoms with Crippen LogP contribution in [-0.4, -0.2) is 12.2 Å². The number of ether oxygens (including phenoxy) is 2. The second-order valence-electron chi connectivity index (χ2n) is 5.25. The Hall–Kier alpha value is -1.02. The van der Waals surface area contributed by atoms with E-state index in [0.29, 0.717) is 6.61 Å². The van der Waals surface area contributed by atoms with Gasteiger partial charge in [-0.1, -0.05) is 25.5 Å². The summed E-state index contributed by atoms with van der Waals surface area (Å²) >= 11 is 0. The summed E-state index contributed by atoms with van der Waals surface area (Å²) in [6, 6.07) is 8.15. The molecular weight excluding hydrogens is 212 g/mol. The highest BCUT2D eigenvalue weighted by atomic mass is 16.5. The van der Waals surface area contributed by atoms with Crippen molar-refractivity contribution in [3.05, 3.63) is 29.8 Å². The lowest BCUT2D eigenvalue weighted by atomic mass is 10.2. The van der Waals surface area contributed by atoms with Crippen LogP contribution in [0.5, 0.6) is 5.75 Å². The molecule has 0 atom stereocenters. The summed E-state index contributed by atoms with van der Waals surface area (Å²) in [5, 5.41) is 0. The molecule has 2 nitrogen and oxygen atoms in total. The first-order chi connectivity index (χ1) is 8.01. The van der Waals surface area contributed by atoms with Gasteiger partial charge in [0.05, 0.1) is 18.8 Å². The molecule has 0 radical (unpaired) electrons. The van der Waals surface area contributed by atoms with Crippen LogP contribution in [0.1, 0.15) is 46.1 Å². The molecular formula is C15H24O2. The zero-order valence-electron chi connectivity index (χ0n) is 11.5. The topological polar surface area (TPSA) is 18.5 Å². The summed E-state index contributed by atoms with van der Waals surface area (Å²) in [6.45, 7) is 9.81. The van der Waals surface area contributed by atoms with E-state index in [1.807, 2.05) is 12.1 Å². The second kappa shape index (κ2) is 6.65. The molecule has 1 aromatic carbocycles. The molecule has 1 rings (SSSR count). The van der Waals surface area contributed by atoms with Crippen molar-refractivity contribution in [2.45, 2.75) is 52.7 Å². The van der Waals surface area contributed by atoms with E-state index in [9.17, 15) is 0 Å². The van der Waals surface area contributed by atoms with Crippen molar-refractivity contribution in [3.63, 3.8) is 0 Å². The van der Waals surface area contributed by atoms with E-state index in [1.165, 1.54) is 5.56 Å². The van der Waals surface area contributed by atoms with Crippen molar-refractivity contribution >= 4 is 0 Å². The van der Waals surface area contributed by atoms with Crippen LogP contribution in [0.4, 0.5) is 0 Å². The van der Waals surface area contributed by atoms with E-state index in [-0.39, 0.29) is 5.60 Å². The van der Waals surface area contributed by atoms with Crippen LogP contribution in [-0.2, 0) is 11.3 Å². The van der Waals surface area contributed by atoms with Gasteiger partial charge in [-0.15, -0.1) is 0 Å². The first-order valence-electron chi connectivity index (χ1n) is 6.37. The van der Waals surface area contributed by atoms with Gasteiger partial charge in [-0.3, -0.25) is 0 Å². The third-order valence-corrected chi connectivity index (χ3v) is 2.36. The van der Waals surface area contributed by atoms with E-state index in [4.69, 9.17) is 9.47 Å². The van der Waals surface area contributed by atoms with Gasteiger partial charge >= 0.3 is 0 Å². The van der Waals surface area contributed by atoms with Crippen LogP contribution in [0, 0.1) is 0 Å². The van der Waals surface area contributed by atoms with Crippen LogP contribution < -0.4 is 4.74 Å². The Labute approximate surface area is 105 Å². The lowest BCUT2D eigenvalue weighted by Gasteiger charge is -2.19. The summed E-state index contributed by atoms with van der Waals surface area (Å²) < 4.78 is 11.3. The third kappa shape index (κ3) is 6.32. The fraction of sp³-hybridized carbons (Fsp3) is 0.600. The molecule has 0 fully saturated rings. The average Bonchev–Trinajstić information content (AvgIpc) is 2.27. The van der Waals surface area contributed by atoms with Gasteiger partial charge in [0.15, 0.2) is 0 Å². The molecule has 0 unspecified atom stereocenters. The van der Waals surface area contributed by atoms with Crippen LogP contribution >= 0.6 is 0 Å². The highest BCUT2D eigenvalue weighted by Gasteiger charge is 2.09. The van der Waals surface area contributed by atoms with Gasteiger partial charge < -0.3 is 9.47 Å². The maximum Gasteiger partial charge on any atom is 0.119 e. The van der Waals surface area contributed by atoms with Gasteiger partial charge in [0.25, 0.3) is 0 Å². The zero-order valence-corrected chi connectivity index (χ0v) is 11.5. The van der Waals surface area contributed by atoms with E-state index in [2.05, 4.69) is 39.8 Å². The van der Waals surface area contributed by atoms with Crippen LogP contribution in [0.15, 0.2) is 24.3 Å². The summed E-state index contributed by atoms with van der Waals surface area (Å²) in [5.41, 5.74) is 1.10. The van der Waals surface area contributed by atoms with Crippen molar-refractivity contribution in [2.24, 2.45) is 0 Å². The molecule has 0 heterocycles. The standard InChI is InChI=1S/C15H24O2/c1-5-6-11-16-14-9-7-13(8-10-14)12-17-15(2,3)4/h7-10H,5-6,11-12H2,1-4H3. The molecule has 2 heteroatoms. The fourth-order valence-electron chi connectivity index (χ4n) is 1.32. The second-order valence-corrected chi connectivity index (χ2v) is 5.25. The monoisotopic (exact) mass is 236 g/mol. The van der Waals surface area contributed by atoms with E-state index in [1.54, 1.807) is 0 Å². The molecule has 0 aliphatic rings. The van der Waals surface area contributed by atoms with Gasteiger partial charge in [0.2, 0.25) is 0 Å². The van der Waals surface area contributed by atoms with Crippen molar-refractivity contribution in [1.82, 2.24) is 0 Å². The molecule has 0 bridgehead atoms. The quantitative estimate of drug-likeness (QED) is 0.690. The summed E-state index contributed by atoms with van der Waals surface area (Å²) in [6.07, 6.45) is 2.27. The maximum absolute atomic E-state index is 5.71. The minimum atomic E-state index is -0.0870. The van der Waals surface area contributed by atoms with Crippen LogP contribution in [0.2, 0.25) is 0 Å². The number of benzene rings is 1. The molecule has 96 valence electrons. The average molecular weight is 236 g/mol. The molecule has 0 N–H and O–H groups in total. The van der Waals surface area contributed by atoms with E-state index in [0.717, 1.165) is 25.2 Å². The molecule has 0 aliphatic heterocycles. The predicted molar refractivity (Wildman–Crippen MR) is 71.4 cm³/mol. The van der Waals surface area contributed by atoms with Gasteiger partial charge in [-0.2, -0.15) is 0 Å². The number of unbranched alkanes of at least 4 members (excludes halogenated alkanes) is 1. The van der Waals surface area contributed by atoms with Gasteiger partial charge in [-0.25, -0.2) is 0 Å². The molecule has 0 aromatic heterocycles. The molecule has 0 spiro atoms. The highest BCUT2D eigenvalue weighted by Crippen LogP contribution is 2.16. The smallest absolute Gasteiger partial charge is 0.119 e. The predicted octanol–water partition coefficient (Wildman–Crippen LogP) is 4.18. The molecule has 17 heavy (non-hydrogen) atoms.